The molecule has 0 spiro atoms. The van der Waals surface area contributed by atoms with E-state index in [1.807, 2.05) is 13.1 Å². The van der Waals surface area contributed by atoms with Gasteiger partial charge in [-0.15, -0.1) is 0 Å². The van der Waals surface area contributed by atoms with Crippen LogP contribution in [0.5, 0.6) is 5.75 Å². The molecule has 7 rings (SSSR count). The molecule has 10 heteroatoms. The van der Waals surface area contributed by atoms with Gasteiger partial charge < -0.3 is 29.4 Å². The molecule has 220 valence electrons. The predicted octanol–water partition coefficient (Wildman–Crippen LogP) is 4.07. The van der Waals surface area contributed by atoms with Gasteiger partial charge in [-0.05, 0) is 49.4 Å². The number of aromatic nitrogens is 3. The first-order valence-electron chi connectivity index (χ1n) is 14.9. The van der Waals surface area contributed by atoms with Crippen LogP contribution >= 0.6 is 0 Å². The summed E-state index contributed by atoms with van der Waals surface area (Å²) in [4.78, 5) is 34.5. The Labute approximate surface area is 244 Å². The van der Waals surface area contributed by atoms with Gasteiger partial charge in [0.15, 0.2) is 5.82 Å². The molecule has 3 atom stereocenters. The van der Waals surface area contributed by atoms with Crippen LogP contribution in [0.1, 0.15) is 36.0 Å². The van der Waals surface area contributed by atoms with Crippen molar-refractivity contribution in [1.82, 2.24) is 23.9 Å². The first-order valence-corrected chi connectivity index (χ1v) is 14.9. The minimum absolute atomic E-state index is 0.0249. The van der Waals surface area contributed by atoms with Gasteiger partial charge in [0.05, 0.1) is 24.9 Å². The van der Waals surface area contributed by atoms with Crippen molar-refractivity contribution in [3.63, 3.8) is 0 Å². The average molecular weight is 573 g/mol. The molecule has 2 aromatic heterocycles. The molecule has 0 radical (unpaired) electrons. The number of imidazole rings is 1. The van der Waals surface area contributed by atoms with E-state index in [4.69, 9.17) is 15.5 Å². The Hall–Kier alpha value is -3.92. The smallest absolute Gasteiger partial charge is 0.254 e. The molecule has 3 fully saturated rings. The molecule has 2 saturated heterocycles. The summed E-state index contributed by atoms with van der Waals surface area (Å²) in [6, 6.07) is 13.7. The second-order valence-electron chi connectivity index (χ2n) is 12.4. The zero-order valence-electron chi connectivity index (χ0n) is 24.1. The molecule has 1 aliphatic carbocycles. The molecule has 2 N–H and O–H groups in total. The van der Waals surface area contributed by atoms with Crippen molar-refractivity contribution >= 4 is 33.8 Å². The number of piperidine rings is 1. The van der Waals surface area contributed by atoms with Crippen LogP contribution in [0.3, 0.4) is 0 Å². The molecular formula is C32H37FN6O3. The Balaban J connectivity index is 1.39. The fourth-order valence-corrected chi connectivity index (χ4v) is 6.79. The number of para-hydroxylation sites is 1. The minimum Gasteiger partial charge on any atom is -0.494 e. The van der Waals surface area contributed by atoms with Gasteiger partial charge in [0.1, 0.15) is 17.4 Å². The molecule has 9 nitrogen and oxygen atoms in total. The normalized spacial score (nSPS) is 23.0. The Morgan fingerprint density at radius 1 is 1.07 bits per heavy atom. The molecule has 2 aromatic carbocycles. The number of amides is 2. The van der Waals surface area contributed by atoms with Crippen LogP contribution in [0.2, 0.25) is 0 Å². The number of ether oxygens (including phenoxy) is 1. The number of rotatable bonds is 7. The molecule has 4 heterocycles. The van der Waals surface area contributed by atoms with Gasteiger partial charge in [-0.3, -0.25) is 9.59 Å². The molecule has 1 saturated carbocycles. The second kappa shape index (κ2) is 10.4. The topological polar surface area (TPSA) is 98.6 Å². The average Bonchev–Trinajstić information content (AvgIpc) is 3.50. The summed E-state index contributed by atoms with van der Waals surface area (Å²) >= 11 is 0. The van der Waals surface area contributed by atoms with Gasteiger partial charge in [0.2, 0.25) is 5.91 Å². The summed E-state index contributed by atoms with van der Waals surface area (Å²) in [5, 5.41) is 1.15. The number of nitrogens with zero attached hydrogens (tertiary/aromatic N) is 5. The Morgan fingerprint density at radius 3 is 2.57 bits per heavy atom. The van der Waals surface area contributed by atoms with Gasteiger partial charge in [-0.1, -0.05) is 18.2 Å². The van der Waals surface area contributed by atoms with E-state index in [-0.39, 0.29) is 30.7 Å². The van der Waals surface area contributed by atoms with Crippen molar-refractivity contribution < 1.29 is 18.7 Å². The maximum Gasteiger partial charge on any atom is 0.254 e. The third-order valence-corrected chi connectivity index (χ3v) is 9.03. The van der Waals surface area contributed by atoms with Crippen LogP contribution in [0.25, 0.3) is 33.5 Å². The number of nitrogens with two attached hydrogens (primary N) is 1. The van der Waals surface area contributed by atoms with E-state index in [0.717, 1.165) is 29.0 Å². The highest BCUT2D eigenvalue weighted by Crippen LogP contribution is 2.39. The minimum atomic E-state index is -1.14. The van der Waals surface area contributed by atoms with Crippen molar-refractivity contribution in [1.29, 1.82) is 0 Å². The van der Waals surface area contributed by atoms with Gasteiger partial charge in [-0.2, -0.15) is 0 Å². The second-order valence-corrected chi connectivity index (χ2v) is 12.4. The SMILES string of the molecule is COc1cc(C(=O)N2C[C@H](N)C[C@@H](F)C2)cc2nc(-c3cc4ccccc4n3CC3CC3)n(CC3CC(=O)N(C)C3)c12. The number of fused-ring (bicyclic) bond motifs is 2. The van der Waals surface area contributed by atoms with Crippen LogP contribution in [-0.4, -0.2) is 81.7 Å². The largest absolute Gasteiger partial charge is 0.494 e. The Bertz CT molecular complexity index is 1680. The van der Waals surface area contributed by atoms with Crippen LogP contribution < -0.4 is 10.5 Å². The predicted molar refractivity (Wildman–Crippen MR) is 159 cm³/mol. The van der Waals surface area contributed by atoms with Crippen molar-refractivity contribution in [3.05, 3.63) is 48.0 Å². The van der Waals surface area contributed by atoms with E-state index in [1.54, 1.807) is 24.1 Å². The van der Waals surface area contributed by atoms with E-state index < -0.39 is 12.2 Å². The quantitative estimate of drug-likeness (QED) is 0.360. The fourth-order valence-electron chi connectivity index (χ4n) is 6.79. The first kappa shape index (κ1) is 26.9. The van der Waals surface area contributed by atoms with Crippen molar-refractivity contribution in [2.75, 3.05) is 33.8 Å². The summed E-state index contributed by atoms with van der Waals surface area (Å²) in [6.45, 7) is 2.50. The van der Waals surface area contributed by atoms with E-state index >= 15 is 0 Å². The monoisotopic (exact) mass is 572 g/mol. The lowest BCUT2D eigenvalue weighted by atomic mass is 10.0. The fraction of sp³-hybridized carbons (Fsp3) is 0.469. The van der Waals surface area contributed by atoms with E-state index in [0.29, 0.717) is 48.8 Å². The molecule has 2 aliphatic heterocycles. The molecule has 3 aliphatic rings. The zero-order chi connectivity index (χ0) is 29.1. The molecule has 4 aromatic rings. The third kappa shape index (κ3) is 4.81. The number of benzene rings is 2. The highest BCUT2D eigenvalue weighted by Gasteiger charge is 2.33. The highest BCUT2D eigenvalue weighted by atomic mass is 19.1. The van der Waals surface area contributed by atoms with Crippen molar-refractivity contribution in [3.8, 4) is 17.3 Å². The van der Waals surface area contributed by atoms with Crippen molar-refractivity contribution in [2.45, 2.75) is 51.0 Å². The Kier molecular flexibility index (Phi) is 6.68. The number of halogens is 1. The van der Waals surface area contributed by atoms with Gasteiger partial charge in [0.25, 0.3) is 5.91 Å². The molecule has 1 unspecified atom stereocenters. The van der Waals surface area contributed by atoms with E-state index in [2.05, 4.69) is 33.4 Å². The maximum atomic E-state index is 14.3. The van der Waals surface area contributed by atoms with Gasteiger partial charge >= 0.3 is 0 Å². The molecular weight excluding hydrogens is 535 g/mol. The number of carbonyl (C=O) groups excluding carboxylic acids is 2. The number of alkyl halides is 1. The summed E-state index contributed by atoms with van der Waals surface area (Å²) in [5.41, 5.74) is 10.0. The lowest BCUT2D eigenvalue weighted by molar-refractivity contribution is -0.126. The van der Waals surface area contributed by atoms with Gasteiger partial charge in [-0.25, -0.2) is 9.37 Å². The number of carbonyl (C=O) groups is 2. The summed E-state index contributed by atoms with van der Waals surface area (Å²) in [5.74, 6) is 1.93. The van der Waals surface area contributed by atoms with E-state index in [9.17, 15) is 14.0 Å². The number of likely N-dealkylation sites (tertiary alicyclic amines) is 2. The lowest BCUT2D eigenvalue weighted by Crippen LogP contribution is -2.50. The molecule has 2 amide bonds. The number of hydrogen-bond donors (Lipinski definition) is 1. The Morgan fingerprint density at radius 2 is 1.86 bits per heavy atom. The van der Waals surface area contributed by atoms with Gasteiger partial charge in [0, 0.05) is 68.1 Å². The number of methoxy groups -OCH3 is 1. The zero-order valence-corrected chi connectivity index (χ0v) is 24.1. The van der Waals surface area contributed by atoms with Crippen LogP contribution in [-0.2, 0) is 17.9 Å². The standard InChI is InChI=1S/C32H37FN6O3/c1-36-14-20(9-29(36)40)16-39-30-25(10-22(12-28(30)42-2)32(41)37-17-23(33)13-24(34)18-37)35-31(39)27-11-21-5-3-4-6-26(21)38(27)15-19-7-8-19/h3-6,10-12,19-20,23-24H,7-9,13-18,34H2,1-2H3/t20?,23-,24-/m1/s1. The molecule has 0 bridgehead atoms. The summed E-state index contributed by atoms with van der Waals surface area (Å²) in [7, 11) is 3.43. The van der Waals surface area contributed by atoms with Crippen molar-refractivity contribution in [2.24, 2.45) is 17.6 Å². The third-order valence-electron chi connectivity index (χ3n) is 9.03. The maximum absolute atomic E-state index is 14.3. The first-order chi connectivity index (χ1) is 20.3. The summed E-state index contributed by atoms with van der Waals surface area (Å²) < 4.78 is 24.8. The van der Waals surface area contributed by atoms with Crippen LogP contribution in [0, 0.1) is 11.8 Å². The lowest BCUT2D eigenvalue weighted by Gasteiger charge is -2.33. The molecule has 42 heavy (non-hydrogen) atoms. The highest BCUT2D eigenvalue weighted by molar-refractivity contribution is 6.00. The van der Waals surface area contributed by atoms with E-state index in [1.165, 1.54) is 23.3 Å². The van der Waals surface area contributed by atoms with Crippen LogP contribution in [0.15, 0.2) is 42.5 Å². The number of hydrogen-bond acceptors (Lipinski definition) is 5. The van der Waals surface area contributed by atoms with Crippen LogP contribution in [0.4, 0.5) is 4.39 Å². The summed E-state index contributed by atoms with van der Waals surface area (Å²) in [6.07, 6.45) is 2.03.